The van der Waals surface area contributed by atoms with Crippen molar-refractivity contribution in [3.05, 3.63) is 143 Å². The van der Waals surface area contributed by atoms with Crippen molar-refractivity contribution in [1.82, 2.24) is 16.0 Å². The Balaban J connectivity index is 1.28. The Kier molecular flexibility index (Phi) is 10.5. The van der Waals surface area contributed by atoms with Gasteiger partial charge in [-0.2, -0.15) is 0 Å². The van der Waals surface area contributed by atoms with Crippen molar-refractivity contribution in [2.75, 3.05) is 6.54 Å². The van der Waals surface area contributed by atoms with Gasteiger partial charge in [0.25, 0.3) is 0 Å². The zero-order chi connectivity index (χ0) is 28.0. The highest BCUT2D eigenvalue weighted by atomic mass is 16.2. The minimum absolute atomic E-state index is 0.0230. The Morgan fingerprint density at radius 2 is 1.30 bits per heavy atom. The summed E-state index contributed by atoms with van der Waals surface area (Å²) in [5.41, 5.74) is 11.0. The number of guanidine groups is 1. The Hall–Kier alpha value is -4.91. The molecule has 1 atom stereocenters. The third kappa shape index (κ3) is 9.13. The van der Waals surface area contributed by atoms with E-state index in [1.165, 1.54) is 0 Å². The van der Waals surface area contributed by atoms with Crippen LogP contribution in [0.3, 0.4) is 0 Å². The Morgan fingerprint density at radius 1 is 0.700 bits per heavy atom. The Morgan fingerprint density at radius 3 is 2.00 bits per heavy atom. The molecule has 4 aromatic carbocycles. The van der Waals surface area contributed by atoms with Gasteiger partial charge in [-0.25, -0.2) is 9.79 Å². The smallest absolute Gasteiger partial charge is 0.321 e. The Bertz CT molecular complexity index is 1390. The number of urea groups is 1. The highest BCUT2D eigenvalue weighted by Gasteiger charge is 2.20. The van der Waals surface area contributed by atoms with Crippen LogP contribution in [0.2, 0.25) is 0 Å². The molecule has 0 fully saturated rings. The van der Waals surface area contributed by atoms with E-state index in [0.29, 0.717) is 26.1 Å². The molecule has 0 bridgehead atoms. The second-order valence-electron chi connectivity index (χ2n) is 9.51. The van der Waals surface area contributed by atoms with E-state index in [4.69, 9.17) is 5.73 Å². The van der Waals surface area contributed by atoms with Crippen molar-refractivity contribution in [2.45, 2.75) is 31.8 Å². The summed E-state index contributed by atoms with van der Waals surface area (Å²) in [7, 11) is 0. The summed E-state index contributed by atoms with van der Waals surface area (Å²) in [5.74, 6) is -0.270. The predicted octanol–water partition coefficient (Wildman–Crippen LogP) is 4.69. The lowest BCUT2D eigenvalue weighted by atomic mass is 9.91. The van der Waals surface area contributed by atoms with E-state index >= 15 is 0 Å². The minimum atomic E-state index is -0.392. The quantitative estimate of drug-likeness (QED) is 0.166. The van der Waals surface area contributed by atoms with E-state index in [9.17, 15) is 9.59 Å². The van der Waals surface area contributed by atoms with Crippen LogP contribution in [-0.4, -0.2) is 24.4 Å². The molecule has 7 nitrogen and oxygen atoms in total. The number of carbonyl (C=O) groups excluding carboxylic acids is 2. The zero-order valence-electron chi connectivity index (χ0n) is 22.4. The van der Waals surface area contributed by atoms with Crippen LogP contribution < -0.4 is 21.7 Å². The molecular weight excluding hydrogens is 498 g/mol. The fourth-order valence-electron chi connectivity index (χ4n) is 4.39. The Labute approximate surface area is 235 Å². The first-order valence-electron chi connectivity index (χ1n) is 13.4. The molecule has 4 rings (SSSR count). The summed E-state index contributed by atoms with van der Waals surface area (Å²) < 4.78 is 0. The van der Waals surface area contributed by atoms with Gasteiger partial charge in [-0.05, 0) is 40.7 Å². The summed E-state index contributed by atoms with van der Waals surface area (Å²) in [6.45, 7) is 1.19. The zero-order valence-corrected chi connectivity index (χ0v) is 22.4. The van der Waals surface area contributed by atoms with E-state index in [2.05, 4.69) is 20.9 Å². The third-order valence-electron chi connectivity index (χ3n) is 6.47. The number of hydrogen-bond donors (Lipinski definition) is 4. The van der Waals surface area contributed by atoms with Gasteiger partial charge in [0.15, 0.2) is 5.96 Å². The maximum absolute atomic E-state index is 13.3. The fourth-order valence-corrected chi connectivity index (χ4v) is 4.39. The highest BCUT2D eigenvalue weighted by molar-refractivity contribution is 5.95. The first-order valence-corrected chi connectivity index (χ1v) is 13.4. The SMILES string of the molecule is NC(=NCc1cccc(CNC(=O)C(Cc2ccccc2)c2ccccc2)c1)NC(=O)NCCc1ccccc1. The van der Waals surface area contributed by atoms with E-state index < -0.39 is 6.03 Å². The first kappa shape index (κ1) is 28.1. The number of nitrogens with zero attached hydrogens (tertiary/aromatic N) is 1. The van der Waals surface area contributed by atoms with Crippen LogP contribution in [0.4, 0.5) is 4.79 Å². The largest absolute Gasteiger partial charge is 0.370 e. The van der Waals surface area contributed by atoms with Gasteiger partial charge in [-0.1, -0.05) is 115 Å². The monoisotopic (exact) mass is 533 g/mol. The van der Waals surface area contributed by atoms with Crippen molar-refractivity contribution < 1.29 is 9.59 Å². The molecule has 0 aliphatic carbocycles. The van der Waals surface area contributed by atoms with Gasteiger partial charge in [-0.15, -0.1) is 0 Å². The minimum Gasteiger partial charge on any atom is -0.370 e. The molecular formula is C33H35N5O2. The number of nitrogens with two attached hydrogens (primary N) is 1. The molecule has 0 radical (unpaired) electrons. The molecule has 7 heteroatoms. The molecule has 0 aromatic heterocycles. The van der Waals surface area contributed by atoms with Crippen molar-refractivity contribution in [2.24, 2.45) is 10.7 Å². The standard InChI is InChI=1S/C33H35N5O2/c34-32(38-33(40)35-20-19-25-11-4-1-5-12-25)37-24-28-16-10-15-27(21-28)23-36-31(39)30(29-17-8-3-9-18-29)22-26-13-6-2-7-14-26/h1-18,21,30H,19-20,22-24H2,(H,36,39)(H4,34,35,37,38,40). The number of aliphatic imine (C=N–C) groups is 1. The molecule has 0 aliphatic rings. The lowest BCUT2D eigenvalue weighted by molar-refractivity contribution is -0.122. The van der Waals surface area contributed by atoms with Crippen molar-refractivity contribution in [3.8, 4) is 0 Å². The predicted molar refractivity (Wildman–Crippen MR) is 160 cm³/mol. The van der Waals surface area contributed by atoms with Crippen LogP contribution in [0, 0.1) is 0 Å². The molecule has 4 aromatic rings. The highest BCUT2D eigenvalue weighted by Crippen LogP contribution is 2.21. The summed E-state index contributed by atoms with van der Waals surface area (Å²) >= 11 is 0. The molecule has 0 heterocycles. The van der Waals surface area contributed by atoms with E-state index in [1.807, 2.05) is 115 Å². The number of carbonyl (C=O) groups is 2. The molecule has 204 valence electrons. The molecule has 1 unspecified atom stereocenters. The van der Waals surface area contributed by atoms with Crippen LogP contribution in [0.5, 0.6) is 0 Å². The first-order chi connectivity index (χ1) is 19.6. The lowest BCUT2D eigenvalue weighted by Gasteiger charge is -2.18. The molecule has 0 saturated carbocycles. The molecule has 0 saturated heterocycles. The van der Waals surface area contributed by atoms with Gasteiger partial charge in [0.05, 0.1) is 12.5 Å². The molecule has 3 amide bonds. The second-order valence-corrected chi connectivity index (χ2v) is 9.51. The number of rotatable bonds is 11. The van der Waals surface area contributed by atoms with Gasteiger partial charge in [0, 0.05) is 13.1 Å². The van der Waals surface area contributed by atoms with Crippen LogP contribution >= 0.6 is 0 Å². The van der Waals surface area contributed by atoms with E-state index in [0.717, 1.165) is 34.2 Å². The van der Waals surface area contributed by atoms with Crippen LogP contribution in [0.25, 0.3) is 0 Å². The van der Waals surface area contributed by atoms with Gasteiger partial charge < -0.3 is 16.4 Å². The second kappa shape index (κ2) is 14.9. The molecule has 40 heavy (non-hydrogen) atoms. The normalized spacial score (nSPS) is 11.8. The summed E-state index contributed by atoms with van der Waals surface area (Å²) in [6.07, 6.45) is 1.35. The number of benzene rings is 4. The fraction of sp³-hybridized carbons (Fsp3) is 0.182. The van der Waals surface area contributed by atoms with Crippen LogP contribution in [0.15, 0.2) is 120 Å². The topological polar surface area (TPSA) is 109 Å². The molecule has 5 N–H and O–H groups in total. The maximum Gasteiger partial charge on any atom is 0.321 e. The van der Waals surface area contributed by atoms with Crippen LogP contribution in [0.1, 0.15) is 33.7 Å². The lowest BCUT2D eigenvalue weighted by Crippen LogP contribution is -2.44. The average Bonchev–Trinajstić information content (AvgIpc) is 2.99. The molecule has 0 spiro atoms. The number of hydrogen-bond acceptors (Lipinski definition) is 3. The summed E-state index contributed by atoms with van der Waals surface area (Å²) in [4.78, 5) is 29.7. The maximum atomic E-state index is 13.3. The number of amides is 3. The van der Waals surface area contributed by atoms with E-state index in [1.54, 1.807) is 0 Å². The van der Waals surface area contributed by atoms with Gasteiger partial charge in [0.1, 0.15) is 0 Å². The summed E-state index contributed by atoms with van der Waals surface area (Å²) in [6, 6.07) is 37.2. The summed E-state index contributed by atoms with van der Waals surface area (Å²) in [5, 5.41) is 8.44. The molecule has 0 aliphatic heterocycles. The average molecular weight is 534 g/mol. The van der Waals surface area contributed by atoms with E-state index in [-0.39, 0.29) is 17.8 Å². The van der Waals surface area contributed by atoms with Gasteiger partial charge in [-0.3, -0.25) is 10.1 Å². The van der Waals surface area contributed by atoms with Gasteiger partial charge in [0.2, 0.25) is 5.91 Å². The van der Waals surface area contributed by atoms with Crippen molar-refractivity contribution in [3.63, 3.8) is 0 Å². The van der Waals surface area contributed by atoms with Crippen LogP contribution in [-0.2, 0) is 30.7 Å². The third-order valence-corrected chi connectivity index (χ3v) is 6.47. The van der Waals surface area contributed by atoms with Gasteiger partial charge >= 0.3 is 6.03 Å². The number of nitrogens with one attached hydrogen (secondary N) is 3. The van der Waals surface area contributed by atoms with Crippen molar-refractivity contribution in [1.29, 1.82) is 0 Å². The van der Waals surface area contributed by atoms with Crippen molar-refractivity contribution >= 4 is 17.9 Å².